The third-order valence-corrected chi connectivity index (χ3v) is 20.3. The SMILES string of the molecule is CC(C)C.CC(C)C.CC1CC2(C1)CC(C1CC3(CC(C(C)C)C3)C1)C2.CCC.CCCCCCCC1C(C)CC2CC(C3CC4CC(C(C)C)C5C(C(C)CC)CC3C45)CC21. The van der Waals surface area contributed by atoms with E-state index >= 15 is 0 Å². The van der Waals surface area contributed by atoms with Crippen molar-refractivity contribution in [3.8, 4) is 0 Å². The van der Waals surface area contributed by atoms with E-state index in [0.717, 1.165) is 135 Å². The van der Waals surface area contributed by atoms with Crippen molar-refractivity contribution in [2.24, 2.45) is 135 Å². The molecule has 62 heavy (non-hydrogen) atoms. The average molecular weight is 862 g/mol. The summed E-state index contributed by atoms with van der Waals surface area (Å²) in [4.78, 5) is 0. The minimum absolute atomic E-state index is 0.833. The van der Waals surface area contributed by atoms with E-state index < -0.39 is 0 Å². The number of rotatable bonds is 12. The Hall–Kier alpha value is 0. The highest BCUT2D eigenvalue weighted by molar-refractivity contribution is 5.12. The van der Waals surface area contributed by atoms with Crippen molar-refractivity contribution < 1.29 is 0 Å². The molecule has 9 aliphatic rings. The van der Waals surface area contributed by atoms with Crippen molar-refractivity contribution in [3.05, 3.63) is 0 Å². The monoisotopic (exact) mass is 861 g/mol. The molecule has 0 N–H and O–H groups in total. The fourth-order valence-corrected chi connectivity index (χ4v) is 17.8. The van der Waals surface area contributed by atoms with E-state index in [1.54, 1.807) is 96.3 Å². The molecule has 9 fully saturated rings. The molecule has 0 radical (unpaired) electrons. The summed E-state index contributed by atoms with van der Waals surface area (Å²) in [6.45, 7) is 39.7. The van der Waals surface area contributed by atoms with Crippen LogP contribution in [0.1, 0.15) is 259 Å². The van der Waals surface area contributed by atoms with Crippen LogP contribution in [-0.2, 0) is 0 Å². The van der Waals surface area contributed by atoms with Crippen molar-refractivity contribution in [2.75, 3.05) is 0 Å². The first-order valence-corrected chi connectivity index (χ1v) is 29.3. The Kier molecular flexibility index (Phi) is 19.9. The molecule has 2 spiro atoms. The lowest BCUT2D eigenvalue weighted by Gasteiger charge is -2.66. The largest absolute Gasteiger partial charge is 0.0656 e. The predicted octanol–water partition coefficient (Wildman–Crippen LogP) is 19.9. The van der Waals surface area contributed by atoms with Gasteiger partial charge in [0.15, 0.2) is 0 Å². The van der Waals surface area contributed by atoms with Gasteiger partial charge >= 0.3 is 0 Å². The minimum Gasteiger partial charge on any atom is -0.0656 e. The van der Waals surface area contributed by atoms with Gasteiger partial charge in [0.25, 0.3) is 0 Å². The second kappa shape index (κ2) is 23.3. The molecule has 9 rings (SSSR count). The fourth-order valence-electron chi connectivity index (χ4n) is 17.8. The molecule has 13 unspecified atom stereocenters. The van der Waals surface area contributed by atoms with Crippen LogP contribution in [0.4, 0.5) is 0 Å². The van der Waals surface area contributed by atoms with Gasteiger partial charge in [-0.1, -0.05) is 163 Å². The topological polar surface area (TPSA) is 0 Å². The lowest BCUT2D eigenvalue weighted by Crippen LogP contribution is -2.56. The van der Waals surface area contributed by atoms with Gasteiger partial charge in [0, 0.05) is 0 Å². The van der Waals surface area contributed by atoms with Crippen LogP contribution in [0.15, 0.2) is 0 Å². The van der Waals surface area contributed by atoms with E-state index in [2.05, 4.69) is 118 Å². The van der Waals surface area contributed by atoms with E-state index in [9.17, 15) is 0 Å². The smallest absolute Gasteiger partial charge is 0.0287 e. The molecule has 9 saturated carbocycles. The van der Waals surface area contributed by atoms with Crippen LogP contribution < -0.4 is 0 Å². The molecule has 13 atom stereocenters. The Morgan fingerprint density at radius 3 is 1.47 bits per heavy atom. The maximum absolute atomic E-state index is 2.62. The molecule has 0 saturated heterocycles. The Balaban J connectivity index is 0.000000208. The van der Waals surface area contributed by atoms with Gasteiger partial charge in [0.05, 0.1) is 0 Å². The first-order valence-electron chi connectivity index (χ1n) is 29.3. The Labute approximate surface area is 392 Å². The highest BCUT2D eigenvalue weighted by Gasteiger charge is 2.63. The standard InChI is InChI=1S/C33H58.C18H30.2C4H10.C3H8/c1-7-9-10-11-12-13-26-22(6)14-23-15-24(16-29(23)26)30-18-25-17-27(20(3)4)33-28(21(5)8-2)19-31(30)32(25)33;1-12(2)14-6-18(7-14)10-16(11-18)15-8-17(9-15)4-13(3)5-17;2*1-4(2)3;1-3-2/h20-33H,7-19H2,1-6H3;12-16H,4-11H2,1-3H3;2*4H,1-3H3;3H2,1-2H3. The molecule has 0 heterocycles. The summed E-state index contributed by atoms with van der Waals surface area (Å²) in [7, 11) is 0. The summed E-state index contributed by atoms with van der Waals surface area (Å²) in [5.41, 5.74) is 1.75. The van der Waals surface area contributed by atoms with Gasteiger partial charge in [-0.2, -0.15) is 0 Å². The zero-order chi connectivity index (χ0) is 45.7. The van der Waals surface area contributed by atoms with Gasteiger partial charge in [-0.15, -0.1) is 0 Å². The number of hydrogen-bond donors (Lipinski definition) is 0. The van der Waals surface area contributed by atoms with Crippen LogP contribution in [0.25, 0.3) is 0 Å². The van der Waals surface area contributed by atoms with Crippen LogP contribution in [0.3, 0.4) is 0 Å². The fraction of sp³-hybridized carbons (Fsp3) is 1.00. The molecule has 0 aromatic rings. The summed E-state index contributed by atoms with van der Waals surface area (Å²) in [6, 6.07) is 0. The lowest BCUT2D eigenvalue weighted by molar-refractivity contribution is -0.156. The zero-order valence-electron chi connectivity index (χ0n) is 45.7. The second-order valence-corrected chi connectivity index (χ2v) is 28.1. The quantitative estimate of drug-likeness (QED) is 0.172. The molecular formula is C62H116. The summed E-state index contributed by atoms with van der Waals surface area (Å²) in [5.74, 6) is 22.0. The average Bonchev–Trinajstić information content (AvgIpc) is 3.92. The van der Waals surface area contributed by atoms with Crippen LogP contribution in [0, 0.1) is 135 Å². The van der Waals surface area contributed by atoms with Gasteiger partial charge in [0.2, 0.25) is 0 Å². The number of fused-ring (bicyclic) bond motifs is 1. The molecule has 0 aliphatic heterocycles. The molecule has 0 bridgehead atoms. The third kappa shape index (κ3) is 12.6. The lowest BCUT2D eigenvalue weighted by atomic mass is 9.39. The Morgan fingerprint density at radius 1 is 0.452 bits per heavy atom. The van der Waals surface area contributed by atoms with Gasteiger partial charge in [-0.25, -0.2) is 0 Å². The molecular weight excluding hydrogens is 745 g/mol. The molecule has 9 aliphatic carbocycles. The van der Waals surface area contributed by atoms with Gasteiger partial charge in [0.1, 0.15) is 0 Å². The number of hydrogen-bond acceptors (Lipinski definition) is 0. The maximum atomic E-state index is 2.62. The first kappa shape index (κ1) is 53.0. The highest BCUT2D eigenvalue weighted by Crippen LogP contribution is 2.72. The third-order valence-electron chi connectivity index (χ3n) is 20.3. The van der Waals surface area contributed by atoms with Crippen molar-refractivity contribution in [3.63, 3.8) is 0 Å². The van der Waals surface area contributed by atoms with E-state index in [4.69, 9.17) is 0 Å². The number of unbranched alkanes of at least 4 members (excludes halogenated alkanes) is 4. The molecule has 364 valence electrons. The van der Waals surface area contributed by atoms with Gasteiger partial charge in [-0.3, -0.25) is 0 Å². The summed E-state index contributed by atoms with van der Waals surface area (Å²) in [5, 5.41) is 0. The summed E-state index contributed by atoms with van der Waals surface area (Å²) >= 11 is 0. The van der Waals surface area contributed by atoms with Crippen molar-refractivity contribution >= 4 is 0 Å². The normalized spacial score (nSPS) is 44.5. The molecule has 0 amide bonds. The van der Waals surface area contributed by atoms with Crippen LogP contribution in [-0.4, -0.2) is 0 Å². The van der Waals surface area contributed by atoms with Gasteiger partial charge in [-0.05, 0) is 231 Å². The van der Waals surface area contributed by atoms with Crippen LogP contribution in [0.5, 0.6) is 0 Å². The van der Waals surface area contributed by atoms with Crippen LogP contribution >= 0.6 is 0 Å². The molecule has 0 heteroatoms. The Bertz CT molecular complexity index is 1230. The minimum atomic E-state index is 0.833. The second-order valence-electron chi connectivity index (χ2n) is 28.1. The van der Waals surface area contributed by atoms with Crippen LogP contribution in [0.2, 0.25) is 0 Å². The summed E-state index contributed by atoms with van der Waals surface area (Å²) < 4.78 is 0. The molecule has 0 aromatic heterocycles. The molecule has 0 nitrogen and oxygen atoms in total. The summed E-state index contributed by atoms with van der Waals surface area (Å²) in [6.07, 6.45) is 34.0. The first-order chi connectivity index (χ1) is 29.3. The van der Waals surface area contributed by atoms with Crippen molar-refractivity contribution in [1.82, 2.24) is 0 Å². The van der Waals surface area contributed by atoms with E-state index in [-0.39, 0.29) is 0 Å². The Morgan fingerprint density at radius 2 is 0.968 bits per heavy atom. The zero-order valence-corrected chi connectivity index (χ0v) is 45.7. The van der Waals surface area contributed by atoms with E-state index in [1.165, 1.54) is 44.9 Å². The maximum Gasteiger partial charge on any atom is -0.0287 e. The predicted molar refractivity (Wildman–Crippen MR) is 276 cm³/mol. The van der Waals surface area contributed by atoms with Gasteiger partial charge < -0.3 is 0 Å². The highest BCUT2D eigenvalue weighted by atomic mass is 14.7. The van der Waals surface area contributed by atoms with Crippen molar-refractivity contribution in [1.29, 1.82) is 0 Å². The molecule has 0 aromatic carbocycles. The van der Waals surface area contributed by atoms with Crippen molar-refractivity contribution in [2.45, 2.75) is 259 Å². The van der Waals surface area contributed by atoms with E-state index in [0.29, 0.717) is 0 Å². The van der Waals surface area contributed by atoms with E-state index in [1.807, 2.05) is 0 Å².